The zero-order valence-corrected chi connectivity index (χ0v) is 13.0. The second-order valence-electron chi connectivity index (χ2n) is 4.70. The minimum atomic E-state index is 0.722. The van der Waals surface area contributed by atoms with E-state index in [1.165, 1.54) is 4.88 Å². The Labute approximate surface area is 125 Å². The highest BCUT2D eigenvalue weighted by Crippen LogP contribution is 2.27. The van der Waals surface area contributed by atoms with Crippen LogP contribution in [0.25, 0.3) is 0 Å². The standard InChI is InChI=1S/C16H22N2OS/c1-3-7-19-15-10-13(17)9-14(11-15)18(4-2)12-16-6-5-8-20-16/h5-6,8-11H,3-4,7,12,17H2,1-2H3. The number of anilines is 2. The quantitative estimate of drug-likeness (QED) is 0.779. The molecule has 0 aliphatic carbocycles. The molecule has 0 radical (unpaired) electrons. The van der Waals surface area contributed by atoms with E-state index in [0.29, 0.717) is 0 Å². The van der Waals surface area contributed by atoms with Crippen molar-refractivity contribution in [1.82, 2.24) is 0 Å². The molecule has 3 nitrogen and oxygen atoms in total. The van der Waals surface area contributed by atoms with Gasteiger partial charge in [-0.15, -0.1) is 11.3 Å². The second kappa shape index (κ2) is 7.20. The third kappa shape index (κ3) is 3.90. The van der Waals surface area contributed by atoms with Crippen LogP contribution in [0, 0.1) is 0 Å². The molecule has 0 spiro atoms. The van der Waals surface area contributed by atoms with E-state index in [-0.39, 0.29) is 0 Å². The van der Waals surface area contributed by atoms with Crippen LogP contribution in [0.2, 0.25) is 0 Å². The van der Waals surface area contributed by atoms with Gasteiger partial charge in [0.2, 0.25) is 0 Å². The first-order valence-electron chi connectivity index (χ1n) is 7.03. The summed E-state index contributed by atoms with van der Waals surface area (Å²) < 4.78 is 5.70. The maximum Gasteiger partial charge on any atom is 0.123 e. The number of hydrogen-bond acceptors (Lipinski definition) is 4. The molecule has 0 fully saturated rings. The van der Waals surface area contributed by atoms with Crippen LogP contribution >= 0.6 is 11.3 Å². The lowest BCUT2D eigenvalue weighted by molar-refractivity contribution is 0.317. The van der Waals surface area contributed by atoms with E-state index in [1.807, 2.05) is 12.1 Å². The first-order valence-corrected chi connectivity index (χ1v) is 7.91. The van der Waals surface area contributed by atoms with Crippen molar-refractivity contribution in [2.24, 2.45) is 0 Å². The lowest BCUT2D eigenvalue weighted by Gasteiger charge is -2.23. The molecule has 0 aliphatic rings. The van der Waals surface area contributed by atoms with Crippen molar-refractivity contribution in [2.45, 2.75) is 26.8 Å². The maximum atomic E-state index is 5.99. The molecule has 0 saturated heterocycles. The average molecular weight is 290 g/mol. The molecular formula is C16H22N2OS. The lowest BCUT2D eigenvalue weighted by Crippen LogP contribution is -2.21. The fourth-order valence-corrected chi connectivity index (χ4v) is 2.79. The average Bonchev–Trinajstić information content (AvgIpc) is 2.95. The summed E-state index contributed by atoms with van der Waals surface area (Å²) >= 11 is 1.78. The molecule has 108 valence electrons. The first kappa shape index (κ1) is 14.7. The third-order valence-corrected chi connectivity index (χ3v) is 3.92. The second-order valence-corrected chi connectivity index (χ2v) is 5.73. The number of nitrogen functional groups attached to an aromatic ring is 1. The minimum Gasteiger partial charge on any atom is -0.493 e. The lowest BCUT2D eigenvalue weighted by atomic mass is 10.2. The van der Waals surface area contributed by atoms with E-state index in [4.69, 9.17) is 10.5 Å². The zero-order chi connectivity index (χ0) is 14.4. The van der Waals surface area contributed by atoms with Crippen LogP contribution in [0.15, 0.2) is 35.7 Å². The Morgan fingerprint density at radius 3 is 2.75 bits per heavy atom. The van der Waals surface area contributed by atoms with Gasteiger partial charge in [0.25, 0.3) is 0 Å². The number of rotatable bonds is 7. The van der Waals surface area contributed by atoms with Crippen molar-refractivity contribution in [2.75, 3.05) is 23.8 Å². The molecule has 20 heavy (non-hydrogen) atoms. The maximum absolute atomic E-state index is 5.99. The van der Waals surface area contributed by atoms with Gasteiger partial charge in [-0.3, -0.25) is 0 Å². The van der Waals surface area contributed by atoms with E-state index >= 15 is 0 Å². The molecular weight excluding hydrogens is 268 g/mol. The number of nitrogens with two attached hydrogens (primary N) is 1. The molecule has 1 heterocycles. The fraction of sp³-hybridized carbons (Fsp3) is 0.375. The van der Waals surface area contributed by atoms with Crippen molar-refractivity contribution < 1.29 is 4.74 Å². The Hall–Kier alpha value is -1.68. The number of hydrogen-bond donors (Lipinski definition) is 1. The Bertz CT molecular complexity index is 525. The predicted molar refractivity (Wildman–Crippen MR) is 87.7 cm³/mol. The Kier molecular flexibility index (Phi) is 5.30. The van der Waals surface area contributed by atoms with Crippen LogP contribution in [-0.2, 0) is 6.54 Å². The first-order chi connectivity index (χ1) is 9.72. The van der Waals surface area contributed by atoms with E-state index in [0.717, 1.165) is 43.2 Å². The highest BCUT2D eigenvalue weighted by molar-refractivity contribution is 7.09. The van der Waals surface area contributed by atoms with Gasteiger partial charge in [0.1, 0.15) is 5.75 Å². The molecule has 1 aromatic heterocycles. The van der Waals surface area contributed by atoms with Crippen molar-refractivity contribution >= 4 is 22.7 Å². The van der Waals surface area contributed by atoms with E-state index in [2.05, 4.69) is 42.3 Å². The van der Waals surface area contributed by atoms with Gasteiger partial charge in [-0.05, 0) is 30.9 Å². The van der Waals surface area contributed by atoms with Crippen LogP contribution < -0.4 is 15.4 Å². The molecule has 0 unspecified atom stereocenters. The van der Waals surface area contributed by atoms with Crippen molar-refractivity contribution in [3.63, 3.8) is 0 Å². The molecule has 0 bridgehead atoms. The van der Waals surface area contributed by atoms with Gasteiger partial charge in [-0.2, -0.15) is 0 Å². The van der Waals surface area contributed by atoms with Crippen molar-refractivity contribution in [1.29, 1.82) is 0 Å². The molecule has 0 saturated carbocycles. The summed E-state index contributed by atoms with van der Waals surface area (Å²) in [5.41, 5.74) is 7.86. The highest BCUT2D eigenvalue weighted by Gasteiger charge is 2.09. The predicted octanol–water partition coefficient (Wildman–Crippen LogP) is 4.15. The molecule has 4 heteroatoms. The van der Waals surface area contributed by atoms with Crippen LogP contribution in [0.1, 0.15) is 25.1 Å². The SMILES string of the molecule is CCCOc1cc(N)cc(N(CC)Cc2cccs2)c1. The van der Waals surface area contributed by atoms with Crippen molar-refractivity contribution in [3.05, 3.63) is 40.6 Å². The zero-order valence-electron chi connectivity index (χ0n) is 12.1. The van der Waals surface area contributed by atoms with Crippen LogP contribution in [-0.4, -0.2) is 13.2 Å². The summed E-state index contributed by atoms with van der Waals surface area (Å²) in [5, 5.41) is 2.11. The molecule has 0 amide bonds. The Morgan fingerprint density at radius 1 is 1.25 bits per heavy atom. The van der Waals surface area contributed by atoms with Gasteiger partial charge in [0.15, 0.2) is 0 Å². The van der Waals surface area contributed by atoms with Gasteiger partial charge >= 0.3 is 0 Å². The molecule has 0 atom stereocenters. The number of nitrogens with zero attached hydrogens (tertiary/aromatic N) is 1. The summed E-state index contributed by atoms with van der Waals surface area (Å²) in [5.74, 6) is 0.853. The molecule has 1 aromatic carbocycles. The van der Waals surface area contributed by atoms with Crippen LogP contribution in [0.5, 0.6) is 5.75 Å². The van der Waals surface area contributed by atoms with Crippen molar-refractivity contribution in [3.8, 4) is 5.75 Å². The minimum absolute atomic E-state index is 0.722. The van der Waals surface area contributed by atoms with E-state index < -0.39 is 0 Å². The van der Waals surface area contributed by atoms with Gasteiger partial charge < -0.3 is 15.4 Å². The summed E-state index contributed by atoms with van der Waals surface area (Å²) in [6, 6.07) is 10.2. The summed E-state index contributed by atoms with van der Waals surface area (Å²) in [4.78, 5) is 3.66. The normalized spacial score (nSPS) is 10.5. The van der Waals surface area contributed by atoms with Gasteiger partial charge in [0, 0.05) is 34.9 Å². The summed E-state index contributed by atoms with van der Waals surface area (Å²) in [6.07, 6.45) is 0.997. The number of ether oxygens (including phenoxy) is 1. The van der Waals surface area contributed by atoms with Gasteiger partial charge in [-0.1, -0.05) is 13.0 Å². The Morgan fingerprint density at radius 2 is 2.10 bits per heavy atom. The smallest absolute Gasteiger partial charge is 0.123 e. The topological polar surface area (TPSA) is 38.5 Å². The fourth-order valence-electron chi connectivity index (χ4n) is 2.07. The Balaban J connectivity index is 2.17. The van der Waals surface area contributed by atoms with Crippen LogP contribution in [0.4, 0.5) is 11.4 Å². The van der Waals surface area contributed by atoms with E-state index in [9.17, 15) is 0 Å². The molecule has 2 N–H and O–H groups in total. The third-order valence-electron chi connectivity index (χ3n) is 3.06. The largest absolute Gasteiger partial charge is 0.493 e. The molecule has 0 aliphatic heterocycles. The van der Waals surface area contributed by atoms with Crippen LogP contribution in [0.3, 0.4) is 0 Å². The van der Waals surface area contributed by atoms with E-state index in [1.54, 1.807) is 11.3 Å². The summed E-state index contributed by atoms with van der Waals surface area (Å²) in [7, 11) is 0. The number of benzene rings is 1. The monoisotopic (exact) mass is 290 g/mol. The summed E-state index contributed by atoms with van der Waals surface area (Å²) in [6.45, 7) is 6.82. The number of thiophene rings is 1. The highest BCUT2D eigenvalue weighted by atomic mass is 32.1. The van der Waals surface area contributed by atoms with Gasteiger partial charge in [0.05, 0.1) is 13.2 Å². The van der Waals surface area contributed by atoms with Gasteiger partial charge in [-0.25, -0.2) is 0 Å². The molecule has 2 aromatic rings. The molecule has 2 rings (SSSR count).